The van der Waals surface area contributed by atoms with Crippen molar-refractivity contribution in [1.82, 2.24) is 19.9 Å². The molecule has 35 heavy (non-hydrogen) atoms. The third-order valence-corrected chi connectivity index (χ3v) is 6.20. The third-order valence-electron chi connectivity index (χ3n) is 6.20. The minimum absolute atomic E-state index is 0.0296. The Morgan fingerprint density at radius 3 is 2.31 bits per heavy atom. The van der Waals surface area contributed by atoms with E-state index in [-0.39, 0.29) is 11.5 Å². The molecule has 1 amide bonds. The van der Waals surface area contributed by atoms with Crippen LogP contribution in [-0.4, -0.2) is 66.2 Å². The average molecular weight is 472 g/mol. The van der Waals surface area contributed by atoms with Gasteiger partial charge in [-0.1, -0.05) is 0 Å². The molecular formula is C26H25N5O4. The van der Waals surface area contributed by atoms with Gasteiger partial charge in [0.1, 0.15) is 22.7 Å². The van der Waals surface area contributed by atoms with Gasteiger partial charge >= 0.3 is 0 Å². The second-order valence-electron chi connectivity index (χ2n) is 8.20. The summed E-state index contributed by atoms with van der Waals surface area (Å²) in [5, 5.41) is 0.382. The molecule has 0 spiro atoms. The predicted octanol–water partition coefficient (Wildman–Crippen LogP) is 2.96. The fraction of sp³-hybridized carbons (Fsp3) is 0.231. The lowest BCUT2D eigenvalue weighted by molar-refractivity contribution is 0.0746. The fourth-order valence-corrected chi connectivity index (χ4v) is 4.30. The highest BCUT2D eigenvalue weighted by atomic mass is 16.5. The summed E-state index contributed by atoms with van der Waals surface area (Å²) in [6.45, 7) is 2.76. The molecule has 1 saturated heterocycles. The Labute approximate surface area is 202 Å². The number of rotatable bonds is 5. The van der Waals surface area contributed by atoms with Crippen molar-refractivity contribution < 1.29 is 14.3 Å². The van der Waals surface area contributed by atoms with Crippen LogP contribution in [0, 0.1) is 0 Å². The number of pyridine rings is 1. The number of benzene rings is 2. The summed E-state index contributed by atoms with van der Waals surface area (Å²) in [5.74, 6) is 1.48. The summed E-state index contributed by atoms with van der Waals surface area (Å²) in [6.07, 6.45) is 3.27. The number of anilines is 1. The second-order valence-corrected chi connectivity index (χ2v) is 8.20. The van der Waals surface area contributed by atoms with E-state index in [4.69, 9.17) is 9.47 Å². The highest BCUT2D eigenvalue weighted by Gasteiger charge is 2.22. The number of hydrogen-bond donors (Lipinski definition) is 1. The molecule has 3 heterocycles. The van der Waals surface area contributed by atoms with Crippen LogP contribution < -0.4 is 19.9 Å². The molecule has 9 nitrogen and oxygen atoms in total. The van der Waals surface area contributed by atoms with Crippen LogP contribution in [0.5, 0.6) is 11.5 Å². The number of carbonyl (C=O) groups is 1. The van der Waals surface area contributed by atoms with Gasteiger partial charge in [0, 0.05) is 67.5 Å². The fourth-order valence-electron chi connectivity index (χ4n) is 4.30. The Morgan fingerprint density at radius 2 is 1.66 bits per heavy atom. The maximum absolute atomic E-state index is 12.8. The number of fused-ring (bicyclic) bond motifs is 1. The molecule has 1 aliphatic heterocycles. The number of hydrogen-bond acceptors (Lipinski definition) is 7. The van der Waals surface area contributed by atoms with Crippen LogP contribution in [0.4, 0.5) is 5.69 Å². The van der Waals surface area contributed by atoms with Gasteiger partial charge in [-0.25, -0.2) is 4.98 Å². The normalized spacial score (nSPS) is 13.7. The molecule has 9 heteroatoms. The van der Waals surface area contributed by atoms with Crippen molar-refractivity contribution in [2.75, 3.05) is 45.3 Å². The molecule has 2 aromatic heterocycles. The van der Waals surface area contributed by atoms with Gasteiger partial charge in [0.25, 0.3) is 11.5 Å². The number of methoxy groups -OCH3 is 2. The van der Waals surface area contributed by atoms with E-state index in [1.54, 1.807) is 43.8 Å². The van der Waals surface area contributed by atoms with Crippen molar-refractivity contribution in [2.45, 2.75) is 0 Å². The molecule has 1 aliphatic rings. The van der Waals surface area contributed by atoms with Gasteiger partial charge in [0.15, 0.2) is 0 Å². The van der Waals surface area contributed by atoms with Gasteiger partial charge < -0.3 is 24.3 Å². The highest BCUT2D eigenvalue weighted by molar-refractivity contribution is 5.94. The molecule has 1 N–H and O–H groups in total. The third kappa shape index (κ3) is 4.40. The van der Waals surface area contributed by atoms with E-state index >= 15 is 0 Å². The molecule has 0 unspecified atom stereocenters. The number of nitrogens with zero attached hydrogens (tertiary/aromatic N) is 4. The standard InChI is InChI=1S/C26H25N5O4/c1-34-20-15-21-23(22(16-20)35-2)25(32)29-24(28-21)17-3-5-19(6-4-17)30-11-13-31(14-12-30)26(33)18-7-9-27-10-8-18/h3-10,15-16H,11-14H2,1-2H3,(H,28,29,32). The van der Waals surface area contributed by atoms with Crippen LogP contribution in [0.3, 0.4) is 0 Å². The zero-order chi connectivity index (χ0) is 24.4. The maximum atomic E-state index is 12.8. The van der Waals surface area contributed by atoms with Crippen LogP contribution >= 0.6 is 0 Å². The first-order valence-electron chi connectivity index (χ1n) is 11.3. The number of aromatic nitrogens is 3. The number of nitrogens with one attached hydrogen (secondary N) is 1. The van der Waals surface area contributed by atoms with Gasteiger partial charge in [0.05, 0.1) is 19.7 Å². The van der Waals surface area contributed by atoms with E-state index in [1.807, 2.05) is 29.2 Å². The summed E-state index contributed by atoms with van der Waals surface area (Å²) in [6, 6.07) is 14.8. The van der Waals surface area contributed by atoms with Crippen LogP contribution in [0.1, 0.15) is 10.4 Å². The van der Waals surface area contributed by atoms with Crippen LogP contribution in [0.25, 0.3) is 22.3 Å². The molecule has 2 aromatic carbocycles. The number of carbonyl (C=O) groups excluding carboxylic acids is 1. The lowest BCUT2D eigenvalue weighted by atomic mass is 10.1. The predicted molar refractivity (Wildman–Crippen MR) is 133 cm³/mol. The molecule has 0 saturated carbocycles. The number of piperazine rings is 1. The smallest absolute Gasteiger partial charge is 0.262 e. The largest absolute Gasteiger partial charge is 0.497 e. The summed E-state index contributed by atoms with van der Waals surface area (Å²) in [5.41, 5.74) is 2.73. The number of amides is 1. The Bertz CT molecular complexity index is 1410. The number of ether oxygens (including phenoxy) is 2. The van der Waals surface area contributed by atoms with Gasteiger partial charge in [-0.3, -0.25) is 14.6 Å². The van der Waals surface area contributed by atoms with Gasteiger partial charge in [0.2, 0.25) is 0 Å². The molecule has 5 rings (SSSR count). The molecule has 1 fully saturated rings. The molecule has 0 radical (unpaired) electrons. The van der Waals surface area contributed by atoms with E-state index in [9.17, 15) is 9.59 Å². The van der Waals surface area contributed by atoms with E-state index in [2.05, 4.69) is 19.9 Å². The van der Waals surface area contributed by atoms with E-state index < -0.39 is 0 Å². The van der Waals surface area contributed by atoms with Crippen LogP contribution in [0.2, 0.25) is 0 Å². The van der Waals surface area contributed by atoms with E-state index in [0.717, 1.165) is 24.3 Å². The van der Waals surface area contributed by atoms with Crippen molar-refractivity contribution in [3.05, 3.63) is 76.8 Å². The maximum Gasteiger partial charge on any atom is 0.262 e. The second kappa shape index (κ2) is 9.46. The summed E-state index contributed by atoms with van der Waals surface area (Å²) >= 11 is 0. The van der Waals surface area contributed by atoms with E-state index in [0.29, 0.717) is 46.9 Å². The first kappa shape index (κ1) is 22.4. The summed E-state index contributed by atoms with van der Waals surface area (Å²) < 4.78 is 10.7. The molecule has 0 bridgehead atoms. The van der Waals surface area contributed by atoms with Crippen LogP contribution in [0.15, 0.2) is 65.7 Å². The first-order chi connectivity index (χ1) is 17.1. The van der Waals surface area contributed by atoms with Crippen molar-refractivity contribution in [3.8, 4) is 22.9 Å². The topological polar surface area (TPSA) is 101 Å². The summed E-state index contributed by atoms with van der Waals surface area (Å²) in [7, 11) is 3.07. The Balaban J connectivity index is 1.33. The van der Waals surface area contributed by atoms with E-state index in [1.165, 1.54) is 7.11 Å². The zero-order valence-electron chi connectivity index (χ0n) is 19.5. The quantitative estimate of drug-likeness (QED) is 0.478. The number of H-pyrrole nitrogens is 1. The van der Waals surface area contributed by atoms with Gasteiger partial charge in [-0.15, -0.1) is 0 Å². The first-order valence-corrected chi connectivity index (χ1v) is 11.3. The average Bonchev–Trinajstić information content (AvgIpc) is 2.92. The molecule has 0 aliphatic carbocycles. The Hall–Kier alpha value is -4.40. The molecular weight excluding hydrogens is 446 g/mol. The summed E-state index contributed by atoms with van der Waals surface area (Å²) in [4.78, 5) is 41.1. The highest BCUT2D eigenvalue weighted by Crippen LogP contribution is 2.29. The Morgan fingerprint density at radius 1 is 0.943 bits per heavy atom. The number of aromatic amines is 1. The zero-order valence-corrected chi connectivity index (χ0v) is 19.5. The van der Waals surface area contributed by atoms with Gasteiger partial charge in [-0.05, 0) is 36.4 Å². The molecule has 178 valence electrons. The SMILES string of the molecule is COc1cc(OC)c2c(=O)[nH]c(-c3ccc(N4CCN(C(=O)c5ccncc5)CC4)cc3)nc2c1. The van der Waals surface area contributed by atoms with Crippen molar-refractivity contribution in [1.29, 1.82) is 0 Å². The van der Waals surface area contributed by atoms with Crippen LogP contribution in [-0.2, 0) is 0 Å². The minimum Gasteiger partial charge on any atom is -0.497 e. The molecule has 0 atom stereocenters. The van der Waals surface area contributed by atoms with Crippen molar-refractivity contribution >= 4 is 22.5 Å². The lowest BCUT2D eigenvalue weighted by Gasteiger charge is -2.36. The van der Waals surface area contributed by atoms with Crippen molar-refractivity contribution in [2.24, 2.45) is 0 Å². The molecule has 4 aromatic rings. The monoisotopic (exact) mass is 471 g/mol. The Kier molecular flexibility index (Phi) is 6.05. The lowest BCUT2D eigenvalue weighted by Crippen LogP contribution is -2.48. The van der Waals surface area contributed by atoms with Crippen molar-refractivity contribution in [3.63, 3.8) is 0 Å². The minimum atomic E-state index is -0.274. The van der Waals surface area contributed by atoms with Gasteiger partial charge in [-0.2, -0.15) is 0 Å².